The third-order valence-corrected chi connectivity index (χ3v) is 3.08. The van der Waals surface area contributed by atoms with E-state index >= 15 is 0 Å². The first kappa shape index (κ1) is 13.5. The average Bonchev–Trinajstić information content (AvgIpc) is 2.69. The van der Waals surface area contributed by atoms with E-state index in [0.717, 1.165) is 17.7 Å². The third-order valence-electron chi connectivity index (χ3n) is 3.08. The van der Waals surface area contributed by atoms with Gasteiger partial charge in [0.2, 0.25) is 5.91 Å². The standard InChI is InChI=1S/C14H18N2O3/c1-10-14(18)16(9-19-10)8-7-12-3-5-13(6-4-12)15-11(2)17/h3-6,10H,7-9H2,1-2H3,(H,15,17)/t10-/m0/s1. The van der Waals surface area contributed by atoms with Crippen LogP contribution < -0.4 is 5.32 Å². The summed E-state index contributed by atoms with van der Waals surface area (Å²) in [4.78, 5) is 24.3. The lowest BCUT2D eigenvalue weighted by molar-refractivity contribution is -0.129. The van der Waals surface area contributed by atoms with Gasteiger partial charge in [-0.2, -0.15) is 0 Å². The Hall–Kier alpha value is -1.88. The molecule has 1 aliphatic rings. The van der Waals surface area contributed by atoms with Crippen molar-refractivity contribution in [3.8, 4) is 0 Å². The number of ether oxygens (including phenoxy) is 1. The fraction of sp³-hybridized carbons (Fsp3) is 0.429. The second-order valence-electron chi connectivity index (χ2n) is 4.67. The molecule has 5 nitrogen and oxygen atoms in total. The molecule has 1 saturated heterocycles. The molecule has 0 aliphatic carbocycles. The number of hydrogen-bond acceptors (Lipinski definition) is 3. The SMILES string of the molecule is CC(=O)Nc1ccc(CCN2CO[C@@H](C)C2=O)cc1. The molecule has 1 N–H and O–H groups in total. The minimum absolute atomic E-state index is 0.0508. The number of carbonyl (C=O) groups is 2. The Morgan fingerprint density at radius 2 is 2.11 bits per heavy atom. The summed E-state index contributed by atoms with van der Waals surface area (Å²) in [5, 5.41) is 2.72. The van der Waals surface area contributed by atoms with Gasteiger partial charge in [-0.3, -0.25) is 9.59 Å². The molecule has 102 valence electrons. The van der Waals surface area contributed by atoms with Gasteiger partial charge in [0, 0.05) is 19.2 Å². The van der Waals surface area contributed by atoms with Crippen LogP contribution in [0.2, 0.25) is 0 Å². The Kier molecular flexibility index (Phi) is 4.16. The van der Waals surface area contributed by atoms with Gasteiger partial charge < -0.3 is 15.0 Å². The third kappa shape index (κ3) is 3.54. The smallest absolute Gasteiger partial charge is 0.253 e. The van der Waals surface area contributed by atoms with Crippen LogP contribution in [-0.2, 0) is 20.7 Å². The molecule has 2 amide bonds. The molecular formula is C14H18N2O3. The van der Waals surface area contributed by atoms with Crippen molar-refractivity contribution in [2.45, 2.75) is 26.4 Å². The van der Waals surface area contributed by atoms with Gasteiger partial charge in [0.1, 0.15) is 12.8 Å². The maximum Gasteiger partial charge on any atom is 0.253 e. The summed E-state index contributed by atoms with van der Waals surface area (Å²) >= 11 is 0. The molecule has 19 heavy (non-hydrogen) atoms. The molecule has 1 aliphatic heterocycles. The Labute approximate surface area is 112 Å². The summed E-state index contributed by atoms with van der Waals surface area (Å²) in [5.74, 6) is -0.0311. The molecule has 1 aromatic carbocycles. The van der Waals surface area contributed by atoms with E-state index in [2.05, 4.69) is 5.32 Å². The minimum atomic E-state index is -0.317. The van der Waals surface area contributed by atoms with E-state index in [-0.39, 0.29) is 17.9 Å². The van der Waals surface area contributed by atoms with Gasteiger partial charge in [-0.15, -0.1) is 0 Å². The summed E-state index contributed by atoms with van der Waals surface area (Å²) in [6.07, 6.45) is 0.462. The first-order chi connectivity index (χ1) is 9.06. The first-order valence-electron chi connectivity index (χ1n) is 6.33. The highest BCUT2D eigenvalue weighted by molar-refractivity contribution is 5.88. The number of benzene rings is 1. The van der Waals surface area contributed by atoms with E-state index in [1.165, 1.54) is 6.92 Å². The topological polar surface area (TPSA) is 58.6 Å². The molecule has 0 bridgehead atoms. The van der Waals surface area contributed by atoms with E-state index in [1.54, 1.807) is 11.8 Å². The summed E-state index contributed by atoms with van der Waals surface area (Å²) in [7, 11) is 0. The number of rotatable bonds is 4. The van der Waals surface area contributed by atoms with Crippen molar-refractivity contribution in [1.82, 2.24) is 4.90 Å². The predicted octanol–water partition coefficient (Wildman–Crippen LogP) is 1.39. The first-order valence-corrected chi connectivity index (χ1v) is 6.33. The number of anilines is 1. The summed E-state index contributed by atoms with van der Waals surface area (Å²) in [5.41, 5.74) is 1.91. The molecule has 0 unspecified atom stereocenters. The van der Waals surface area contributed by atoms with Crippen LogP contribution in [0.3, 0.4) is 0 Å². The number of carbonyl (C=O) groups excluding carboxylic acids is 2. The van der Waals surface area contributed by atoms with Crippen molar-refractivity contribution >= 4 is 17.5 Å². The van der Waals surface area contributed by atoms with Crippen molar-refractivity contribution in [2.75, 3.05) is 18.6 Å². The summed E-state index contributed by atoms with van der Waals surface area (Å²) in [6.45, 7) is 4.28. The lowest BCUT2D eigenvalue weighted by Gasteiger charge is -2.13. The number of amides is 2. The van der Waals surface area contributed by atoms with E-state index in [4.69, 9.17) is 4.74 Å². The van der Waals surface area contributed by atoms with Crippen molar-refractivity contribution in [2.24, 2.45) is 0 Å². The van der Waals surface area contributed by atoms with Crippen LogP contribution in [-0.4, -0.2) is 36.1 Å². The molecule has 0 spiro atoms. The van der Waals surface area contributed by atoms with Gasteiger partial charge in [-0.25, -0.2) is 0 Å². The largest absolute Gasteiger partial charge is 0.348 e. The molecule has 1 aromatic rings. The molecule has 1 atom stereocenters. The van der Waals surface area contributed by atoms with E-state index in [1.807, 2.05) is 24.3 Å². The Balaban J connectivity index is 1.86. The predicted molar refractivity (Wildman–Crippen MR) is 71.6 cm³/mol. The fourth-order valence-electron chi connectivity index (χ4n) is 1.99. The van der Waals surface area contributed by atoms with Gasteiger partial charge in [0.05, 0.1) is 0 Å². The van der Waals surface area contributed by atoms with E-state index in [0.29, 0.717) is 13.3 Å². The van der Waals surface area contributed by atoms with Gasteiger partial charge in [-0.05, 0) is 31.0 Å². The molecular weight excluding hydrogens is 244 g/mol. The number of nitrogens with one attached hydrogen (secondary N) is 1. The maximum absolute atomic E-state index is 11.7. The summed E-state index contributed by atoms with van der Waals surface area (Å²) in [6, 6.07) is 7.63. The van der Waals surface area contributed by atoms with Crippen molar-refractivity contribution < 1.29 is 14.3 Å². The molecule has 1 heterocycles. The van der Waals surface area contributed by atoms with Crippen molar-refractivity contribution in [3.63, 3.8) is 0 Å². The van der Waals surface area contributed by atoms with Crippen LogP contribution in [0.1, 0.15) is 19.4 Å². The van der Waals surface area contributed by atoms with Gasteiger partial charge in [-0.1, -0.05) is 12.1 Å². The minimum Gasteiger partial charge on any atom is -0.348 e. The second-order valence-corrected chi connectivity index (χ2v) is 4.67. The highest BCUT2D eigenvalue weighted by Crippen LogP contribution is 2.13. The van der Waals surface area contributed by atoms with Crippen LogP contribution in [0.25, 0.3) is 0 Å². The average molecular weight is 262 g/mol. The van der Waals surface area contributed by atoms with Crippen LogP contribution >= 0.6 is 0 Å². The van der Waals surface area contributed by atoms with E-state index in [9.17, 15) is 9.59 Å². The second kappa shape index (κ2) is 5.84. The van der Waals surface area contributed by atoms with Gasteiger partial charge in [0.25, 0.3) is 5.91 Å². The highest BCUT2D eigenvalue weighted by atomic mass is 16.5. The van der Waals surface area contributed by atoms with Crippen molar-refractivity contribution in [3.05, 3.63) is 29.8 Å². The zero-order valence-electron chi connectivity index (χ0n) is 11.2. The molecule has 5 heteroatoms. The number of nitrogens with zero attached hydrogens (tertiary/aromatic N) is 1. The molecule has 0 saturated carbocycles. The van der Waals surface area contributed by atoms with Crippen LogP contribution in [0.4, 0.5) is 5.69 Å². The quantitative estimate of drug-likeness (QED) is 0.892. The maximum atomic E-state index is 11.7. The van der Waals surface area contributed by atoms with Crippen LogP contribution in [0, 0.1) is 0 Å². The Bertz CT molecular complexity index is 470. The zero-order chi connectivity index (χ0) is 13.8. The van der Waals surface area contributed by atoms with Crippen LogP contribution in [0.15, 0.2) is 24.3 Å². The monoisotopic (exact) mass is 262 g/mol. The fourth-order valence-corrected chi connectivity index (χ4v) is 1.99. The molecule has 1 fully saturated rings. The van der Waals surface area contributed by atoms with Gasteiger partial charge in [0.15, 0.2) is 0 Å². The summed E-state index contributed by atoms with van der Waals surface area (Å²) < 4.78 is 5.26. The molecule has 2 rings (SSSR count). The Morgan fingerprint density at radius 1 is 1.42 bits per heavy atom. The molecule has 0 aromatic heterocycles. The zero-order valence-corrected chi connectivity index (χ0v) is 11.2. The number of hydrogen-bond donors (Lipinski definition) is 1. The Morgan fingerprint density at radius 3 is 2.63 bits per heavy atom. The normalized spacial score (nSPS) is 18.7. The van der Waals surface area contributed by atoms with Crippen LogP contribution in [0.5, 0.6) is 0 Å². The lowest BCUT2D eigenvalue weighted by atomic mass is 10.1. The van der Waals surface area contributed by atoms with Gasteiger partial charge >= 0.3 is 0 Å². The van der Waals surface area contributed by atoms with E-state index < -0.39 is 0 Å². The molecule has 0 radical (unpaired) electrons. The van der Waals surface area contributed by atoms with Crippen molar-refractivity contribution in [1.29, 1.82) is 0 Å². The lowest BCUT2D eigenvalue weighted by Crippen LogP contribution is -2.30. The highest BCUT2D eigenvalue weighted by Gasteiger charge is 2.27.